The van der Waals surface area contributed by atoms with Crippen LogP contribution < -0.4 is 0 Å². The topological polar surface area (TPSA) is 37.3 Å². The van der Waals surface area contributed by atoms with Gasteiger partial charge in [0.05, 0.1) is 0 Å². The summed E-state index contributed by atoms with van der Waals surface area (Å²) in [6.07, 6.45) is 1.13. The minimum Gasteiger partial charge on any atom is -0.478 e. The number of benzene rings is 1. The highest BCUT2D eigenvalue weighted by atomic mass is 79.9. The Balaban J connectivity index is 3.14. The zero-order valence-corrected chi connectivity index (χ0v) is 9.76. The third-order valence-corrected chi connectivity index (χ3v) is 2.50. The van der Waals surface area contributed by atoms with Crippen LogP contribution in [0.25, 0.3) is 5.57 Å². The summed E-state index contributed by atoms with van der Waals surface area (Å²) in [7, 11) is 0. The number of rotatable bonds is 2. The number of hydrogen-bond acceptors (Lipinski definition) is 1. The van der Waals surface area contributed by atoms with Gasteiger partial charge in [-0.1, -0.05) is 33.6 Å². The predicted molar refractivity (Wildman–Crippen MR) is 60.4 cm³/mol. The molecule has 14 heavy (non-hydrogen) atoms. The van der Waals surface area contributed by atoms with Gasteiger partial charge in [0.15, 0.2) is 0 Å². The van der Waals surface area contributed by atoms with Gasteiger partial charge in [0.2, 0.25) is 0 Å². The van der Waals surface area contributed by atoms with Crippen LogP contribution in [-0.2, 0) is 4.79 Å². The zero-order valence-electron chi connectivity index (χ0n) is 7.42. The molecule has 0 saturated heterocycles. The molecule has 0 aliphatic heterocycles. The number of allylic oxidation sites excluding steroid dienone is 1. The fraction of sp³-hybridized carbons (Fsp3) is 0.100. The molecule has 2 nitrogen and oxygen atoms in total. The lowest BCUT2D eigenvalue weighted by Crippen LogP contribution is -1.90. The van der Waals surface area contributed by atoms with E-state index in [1.54, 1.807) is 19.1 Å². The van der Waals surface area contributed by atoms with Crippen LogP contribution in [0.15, 0.2) is 28.7 Å². The first-order chi connectivity index (χ1) is 6.50. The van der Waals surface area contributed by atoms with Crippen molar-refractivity contribution in [2.75, 3.05) is 0 Å². The van der Waals surface area contributed by atoms with Crippen LogP contribution in [0.4, 0.5) is 0 Å². The van der Waals surface area contributed by atoms with Gasteiger partial charge in [-0.2, -0.15) is 0 Å². The van der Waals surface area contributed by atoms with E-state index in [4.69, 9.17) is 16.7 Å². The van der Waals surface area contributed by atoms with E-state index >= 15 is 0 Å². The number of carbonyl (C=O) groups is 1. The van der Waals surface area contributed by atoms with Crippen molar-refractivity contribution in [3.63, 3.8) is 0 Å². The van der Waals surface area contributed by atoms with E-state index in [1.165, 1.54) is 0 Å². The number of aliphatic carboxylic acids is 1. The molecule has 0 aliphatic carbocycles. The Hall–Kier alpha value is -0.800. The van der Waals surface area contributed by atoms with Crippen LogP contribution in [0.3, 0.4) is 0 Å². The summed E-state index contributed by atoms with van der Waals surface area (Å²) in [6, 6.07) is 5.33. The number of halogens is 2. The van der Waals surface area contributed by atoms with Gasteiger partial charge in [0.1, 0.15) is 0 Å². The normalized spacial score (nSPS) is 11.5. The van der Waals surface area contributed by atoms with Crippen molar-refractivity contribution in [1.82, 2.24) is 0 Å². The number of carboxylic acid groups (broad SMARTS) is 1. The molecule has 0 aromatic heterocycles. The maximum absolute atomic E-state index is 10.4. The Kier molecular flexibility index (Phi) is 3.72. The second-order valence-electron chi connectivity index (χ2n) is 2.79. The van der Waals surface area contributed by atoms with E-state index in [2.05, 4.69) is 15.9 Å². The van der Waals surface area contributed by atoms with Gasteiger partial charge in [0, 0.05) is 15.6 Å². The molecular formula is C10H8BrClO2. The summed E-state index contributed by atoms with van der Waals surface area (Å²) in [4.78, 5) is 10.4. The highest BCUT2D eigenvalue weighted by Gasteiger charge is 2.04. The Bertz CT molecular complexity index is 399. The third-order valence-electron chi connectivity index (χ3n) is 1.70. The largest absolute Gasteiger partial charge is 0.478 e. The van der Waals surface area contributed by atoms with Crippen molar-refractivity contribution in [3.8, 4) is 0 Å². The van der Waals surface area contributed by atoms with Crippen molar-refractivity contribution < 1.29 is 9.90 Å². The molecule has 1 aromatic carbocycles. The SMILES string of the molecule is C/C(=C/C(=O)O)c1ccc(Br)cc1Cl. The van der Waals surface area contributed by atoms with Gasteiger partial charge in [-0.15, -0.1) is 0 Å². The smallest absolute Gasteiger partial charge is 0.328 e. The van der Waals surface area contributed by atoms with Crippen molar-refractivity contribution in [2.24, 2.45) is 0 Å². The minimum absolute atomic E-state index is 0.536. The Morgan fingerprint density at radius 2 is 2.21 bits per heavy atom. The lowest BCUT2D eigenvalue weighted by atomic mass is 10.1. The molecule has 1 rings (SSSR count). The van der Waals surface area contributed by atoms with Gasteiger partial charge < -0.3 is 5.11 Å². The molecule has 74 valence electrons. The highest BCUT2D eigenvalue weighted by Crippen LogP contribution is 2.26. The fourth-order valence-corrected chi connectivity index (χ4v) is 1.89. The van der Waals surface area contributed by atoms with E-state index in [1.807, 2.05) is 6.07 Å². The van der Waals surface area contributed by atoms with Crippen molar-refractivity contribution in [2.45, 2.75) is 6.92 Å². The molecule has 0 spiro atoms. The van der Waals surface area contributed by atoms with E-state index in [-0.39, 0.29) is 0 Å². The highest BCUT2D eigenvalue weighted by molar-refractivity contribution is 9.10. The predicted octanol–water partition coefficient (Wildman–Crippen LogP) is 3.59. The summed E-state index contributed by atoms with van der Waals surface area (Å²) < 4.78 is 0.870. The molecule has 0 fully saturated rings. The molecular weight excluding hydrogens is 267 g/mol. The van der Waals surface area contributed by atoms with Crippen LogP contribution in [0, 0.1) is 0 Å². The first-order valence-electron chi connectivity index (χ1n) is 3.87. The quantitative estimate of drug-likeness (QED) is 0.838. The molecule has 0 amide bonds. The van der Waals surface area contributed by atoms with Crippen LogP contribution >= 0.6 is 27.5 Å². The Morgan fingerprint density at radius 1 is 1.57 bits per heavy atom. The Morgan fingerprint density at radius 3 is 2.71 bits per heavy atom. The van der Waals surface area contributed by atoms with E-state index < -0.39 is 5.97 Å². The summed E-state index contributed by atoms with van der Waals surface area (Å²) in [6.45, 7) is 1.71. The molecule has 0 atom stereocenters. The maximum Gasteiger partial charge on any atom is 0.328 e. The monoisotopic (exact) mass is 274 g/mol. The molecule has 0 heterocycles. The third kappa shape index (κ3) is 2.86. The van der Waals surface area contributed by atoms with Gasteiger partial charge >= 0.3 is 5.97 Å². The molecule has 1 N–H and O–H groups in total. The van der Waals surface area contributed by atoms with E-state index in [0.29, 0.717) is 10.6 Å². The maximum atomic E-state index is 10.4. The minimum atomic E-state index is -0.971. The van der Waals surface area contributed by atoms with Crippen molar-refractivity contribution >= 4 is 39.1 Å². The van der Waals surface area contributed by atoms with E-state index in [0.717, 1.165) is 16.1 Å². The van der Waals surface area contributed by atoms with Gasteiger partial charge in [-0.05, 0) is 30.2 Å². The van der Waals surface area contributed by atoms with Gasteiger partial charge in [-0.25, -0.2) is 4.79 Å². The van der Waals surface area contributed by atoms with Crippen LogP contribution in [0.2, 0.25) is 5.02 Å². The lowest BCUT2D eigenvalue weighted by molar-refractivity contribution is -0.131. The van der Waals surface area contributed by atoms with Crippen molar-refractivity contribution in [1.29, 1.82) is 0 Å². The average Bonchev–Trinajstić information content (AvgIpc) is 2.01. The molecule has 4 heteroatoms. The summed E-state index contributed by atoms with van der Waals surface area (Å²) in [5.41, 5.74) is 1.37. The lowest BCUT2D eigenvalue weighted by Gasteiger charge is -2.03. The first kappa shape index (κ1) is 11.3. The second-order valence-corrected chi connectivity index (χ2v) is 4.11. The van der Waals surface area contributed by atoms with Gasteiger partial charge in [0.25, 0.3) is 0 Å². The molecule has 0 unspecified atom stereocenters. The van der Waals surface area contributed by atoms with Crippen LogP contribution in [0.1, 0.15) is 12.5 Å². The summed E-state index contributed by atoms with van der Waals surface area (Å²) in [5, 5.41) is 9.10. The van der Waals surface area contributed by atoms with E-state index in [9.17, 15) is 4.79 Å². The molecule has 0 bridgehead atoms. The van der Waals surface area contributed by atoms with Crippen molar-refractivity contribution in [3.05, 3.63) is 39.3 Å². The van der Waals surface area contributed by atoms with Crippen LogP contribution in [-0.4, -0.2) is 11.1 Å². The van der Waals surface area contributed by atoms with Crippen LogP contribution in [0.5, 0.6) is 0 Å². The first-order valence-corrected chi connectivity index (χ1v) is 5.04. The number of hydrogen-bond donors (Lipinski definition) is 1. The summed E-state index contributed by atoms with van der Waals surface area (Å²) >= 11 is 9.22. The van der Waals surface area contributed by atoms with Gasteiger partial charge in [-0.3, -0.25) is 0 Å². The molecule has 1 aromatic rings. The molecule has 0 radical (unpaired) electrons. The summed E-state index contributed by atoms with van der Waals surface area (Å²) in [5.74, 6) is -0.971. The molecule has 0 saturated carbocycles. The fourth-order valence-electron chi connectivity index (χ4n) is 1.07. The second kappa shape index (κ2) is 4.62. The standard InChI is InChI=1S/C10H8BrClO2/c1-6(4-10(13)14)8-3-2-7(11)5-9(8)12/h2-5H,1H3,(H,13,14)/b6-4-. The average molecular weight is 276 g/mol. The zero-order chi connectivity index (χ0) is 10.7. The molecule has 0 aliphatic rings. The Labute approximate surface area is 95.3 Å². The number of carboxylic acids is 1.